The standard InChI is InChI=1S/2C10H10Cl2N2O2.Co.H2O/c2*1-2-13-14-10(15)6-16-9-4-3-7(11)5-8(9)12;;/h2*2-5H,6H2,1H3,(H,14,15);;1H2/q;;+2;/p-2/b2*13-2+;;. The molecule has 0 aliphatic rings. The quantitative estimate of drug-likeness (QED) is 0.261. The van der Waals surface area contributed by atoms with Gasteiger partial charge in [0.25, 0.3) is 0 Å². The molecule has 34 heavy (non-hydrogen) atoms. The van der Waals surface area contributed by atoms with Crippen LogP contribution in [-0.4, -0.2) is 42.9 Å². The van der Waals surface area contributed by atoms with Crippen molar-refractivity contribution in [1.82, 2.24) is 0 Å². The van der Waals surface area contributed by atoms with Crippen LogP contribution in [0.4, 0.5) is 0 Å². The molecule has 0 bridgehead atoms. The average molecular weight is 597 g/mol. The zero-order chi connectivity index (χ0) is 23.9. The van der Waals surface area contributed by atoms with Gasteiger partial charge < -0.3 is 25.2 Å². The Labute approximate surface area is 227 Å². The van der Waals surface area contributed by atoms with E-state index in [4.69, 9.17) is 55.9 Å². The zero-order valence-electron chi connectivity index (χ0n) is 17.8. The second-order valence-electron chi connectivity index (χ2n) is 5.46. The Balaban J connectivity index is 0. The molecule has 2 aromatic rings. The molecule has 2 N–H and O–H groups in total. The van der Waals surface area contributed by atoms with E-state index in [-0.39, 0.29) is 35.5 Å². The number of benzene rings is 2. The van der Waals surface area contributed by atoms with Gasteiger partial charge in [0, 0.05) is 34.3 Å². The van der Waals surface area contributed by atoms with Crippen LogP contribution in [0.2, 0.25) is 20.1 Å². The van der Waals surface area contributed by atoms with Crippen LogP contribution in [0.3, 0.4) is 0 Å². The molecule has 9 nitrogen and oxygen atoms in total. The topological polar surface area (TPSA) is 146 Å². The summed E-state index contributed by atoms with van der Waals surface area (Å²) < 4.78 is 10.3. The third kappa shape index (κ3) is 14.3. The van der Waals surface area contributed by atoms with Gasteiger partial charge in [-0.2, -0.15) is 20.4 Å². The van der Waals surface area contributed by atoms with Gasteiger partial charge in [-0.25, -0.2) is 0 Å². The van der Waals surface area contributed by atoms with Crippen LogP contribution in [0.1, 0.15) is 13.8 Å². The van der Waals surface area contributed by atoms with E-state index in [1.165, 1.54) is 24.6 Å². The molecule has 187 valence electrons. The Hall–Kier alpha value is -2.05. The number of rotatable bonds is 8. The summed E-state index contributed by atoms with van der Waals surface area (Å²) in [7, 11) is 0. The first-order chi connectivity index (χ1) is 15.3. The second kappa shape index (κ2) is 19.3. The summed E-state index contributed by atoms with van der Waals surface area (Å²) in [5.74, 6) is -0.196. The van der Waals surface area contributed by atoms with Crippen LogP contribution in [0.5, 0.6) is 11.5 Å². The van der Waals surface area contributed by atoms with E-state index in [0.29, 0.717) is 31.6 Å². The maximum atomic E-state index is 11.1. The van der Waals surface area contributed by atoms with Gasteiger partial charge in [0.15, 0.2) is 0 Å². The van der Waals surface area contributed by atoms with Gasteiger partial charge in [0.05, 0.1) is 10.0 Å². The van der Waals surface area contributed by atoms with Gasteiger partial charge in [-0.05, 0) is 50.2 Å². The third-order valence-corrected chi connectivity index (χ3v) is 4.12. The average Bonchev–Trinajstić information content (AvgIpc) is 2.75. The number of nitrogens with zero attached hydrogens (tertiary/aromatic N) is 4. The normalized spacial score (nSPS) is 11.4. The van der Waals surface area contributed by atoms with E-state index >= 15 is 0 Å². The van der Waals surface area contributed by atoms with Crippen molar-refractivity contribution < 1.29 is 41.9 Å². The summed E-state index contributed by atoms with van der Waals surface area (Å²) in [6.07, 6.45) is 2.82. The van der Waals surface area contributed by atoms with E-state index in [2.05, 4.69) is 20.4 Å². The smallest absolute Gasteiger partial charge is 0.858 e. The molecular formula is C20H20Cl4CoN4O5. The fraction of sp³-hybridized carbons (Fsp3) is 0.200. The van der Waals surface area contributed by atoms with Crippen LogP contribution in [-0.2, 0) is 16.8 Å². The van der Waals surface area contributed by atoms with Crippen LogP contribution < -0.4 is 19.7 Å². The number of ether oxygens (including phenoxy) is 2. The van der Waals surface area contributed by atoms with Gasteiger partial charge >= 0.3 is 16.8 Å². The van der Waals surface area contributed by atoms with Crippen LogP contribution in [0, 0.1) is 0 Å². The van der Waals surface area contributed by atoms with Gasteiger partial charge in [-0.15, -0.1) is 0 Å². The first-order valence-corrected chi connectivity index (χ1v) is 10.4. The van der Waals surface area contributed by atoms with E-state index < -0.39 is 11.8 Å². The molecule has 0 atom stereocenters. The van der Waals surface area contributed by atoms with E-state index in [1.54, 1.807) is 38.1 Å². The molecule has 0 aromatic heterocycles. The molecule has 2 aromatic carbocycles. The fourth-order valence-electron chi connectivity index (χ4n) is 1.77. The molecule has 0 amide bonds. The monoisotopic (exact) mass is 595 g/mol. The molecule has 0 fully saturated rings. The summed E-state index contributed by atoms with van der Waals surface area (Å²) in [5.41, 5.74) is 0. The van der Waals surface area contributed by atoms with Crippen molar-refractivity contribution >= 4 is 70.6 Å². The minimum absolute atomic E-state index is 0. The van der Waals surface area contributed by atoms with Crippen LogP contribution in [0.25, 0.3) is 0 Å². The van der Waals surface area contributed by atoms with E-state index in [0.717, 1.165) is 0 Å². The Morgan fingerprint density at radius 3 is 1.41 bits per heavy atom. The van der Waals surface area contributed by atoms with Crippen molar-refractivity contribution in [2.45, 2.75) is 13.8 Å². The molecule has 0 saturated carbocycles. The maximum Gasteiger partial charge on any atom is 2.00 e. The van der Waals surface area contributed by atoms with Crippen molar-refractivity contribution in [2.75, 3.05) is 13.2 Å². The van der Waals surface area contributed by atoms with Crippen LogP contribution >= 0.6 is 46.4 Å². The Morgan fingerprint density at radius 1 is 0.765 bits per heavy atom. The zero-order valence-corrected chi connectivity index (χ0v) is 21.9. The largest absolute Gasteiger partial charge is 2.00 e. The molecule has 2 rings (SSSR count). The predicted octanol–water partition coefficient (Wildman–Crippen LogP) is 3.45. The summed E-state index contributed by atoms with van der Waals surface area (Å²) in [6, 6.07) is 9.47. The van der Waals surface area contributed by atoms with Crippen molar-refractivity contribution in [3.63, 3.8) is 0 Å². The van der Waals surface area contributed by atoms with Gasteiger partial charge in [-0.3, -0.25) is 0 Å². The fourth-order valence-corrected chi connectivity index (χ4v) is 2.69. The third-order valence-electron chi connectivity index (χ3n) is 3.06. The van der Waals surface area contributed by atoms with E-state index in [9.17, 15) is 10.2 Å². The van der Waals surface area contributed by atoms with Gasteiger partial charge in [-0.1, -0.05) is 46.4 Å². The van der Waals surface area contributed by atoms with Gasteiger partial charge in [0.2, 0.25) is 0 Å². The van der Waals surface area contributed by atoms with E-state index in [1.807, 2.05) is 0 Å². The maximum absolute atomic E-state index is 11.1. The molecule has 14 heteroatoms. The molecule has 0 spiro atoms. The second-order valence-corrected chi connectivity index (χ2v) is 7.15. The molecule has 0 aliphatic carbocycles. The molecule has 0 saturated heterocycles. The number of halogens is 4. The molecular weight excluding hydrogens is 577 g/mol. The minimum atomic E-state index is -0.482. The first kappa shape index (κ1) is 34.1. The summed E-state index contributed by atoms with van der Waals surface area (Å²) in [4.78, 5) is 0. The Kier molecular flexibility index (Phi) is 19.3. The molecule has 0 heterocycles. The van der Waals surface area contributed by atoms with Crippen molar-refractivity contribution in [3.8, 4) is 11.5 Å². The molecule has 0 unspecified atom stereocenters. The van der Waals surface area contributed by atoms with Gasteiger partial charge in [0.1, 0.15) is 24.7 Å². The number of hydrogen-bond acceptors (Lipinski definition) is 8. The summed E-state index contributed by atoms with van der Waals surface area (Å²) in [6.45, 7) is 2.90. The molecule has 1 radical (unpaired) electrons. The molecule has 0 aliphatic heterocycles. The Morgan fingerprint density at radius 2 is 1.12 bits per heavy atom. The van der Waals surface area contributed by atoms with Crippen molar-refractivity contribution in [1.29, 1.82) is 0 Å². The number of hydrogen-bond donors (Lipinski definition) is 0. The minimum Gasteiger partial charge on any atom is -0.858 e. The van der Waals surface area contributed by atoms with Crippen molar-refractivity contribution in [3.05, 3.63) is 56.5 Å². The van der Waals surface area contributed by atoms with Crippen LogP contribution in [0.15, 0.2) is 56.8 Å². The predicted molar refractivity (Wildman–Crippen MR) is 131 cm³/mol. The summed E-state index contributed by atoms with van der Waals surface area (Å²) in [5, 5.41) is 37.4. The van der Waals surface area contributed by atoms with Crippen molar-refractivity contribution in [2.24, 2.45) is 20.4 Å². The summed E-state index contributed by atoms with van der Waals surface area (Å²) >= 11 is 23.1. The SMILES string of the molecule is C/C=N/N=C(\[O-])COc1ccc(Cl)cc1Cl.C/C=N/N=C(\[O-])COc1ccc(Cl)cc1Cl.O.[Co+2]. The first-order valence-electron chi connectivity index (χ1n) is 8.85. The Bertz CT molecular complexity index is 927.